The molecule has 2 aliphatic rings. The highest BCUT2D eigenvalue weighted by molar-refractivity contribution is 6.05. The number of amides is 2. The normalized spacial score (nSPS) is 24.2. The SMILES string of the molecule is CC(O)CNCCN1C(=O)CC2(CCCCCC2)C1=O. The average molecular weight is 282 g/mol. The molecule has 20 heavy (non-hydrogen) atoms. The summed E-state index contributed by atoms with van der Waals surface area (Å²) in [5, 5.41) is 12.2. The lowest BCUT2D eigenvalue weighted by atomic mass is 9.79. The molecule has 5 nitrogen and oxygen atoms in total. The van der Waals surface area contributed by atoms with Crippen molar-refractivity contribution in [3.8, 4) is 0 Å². The molecule has 1 heterocycles. The van der Waals surface area contributed by atoms with Gasteiger partial charge in [-0.25, -0.2) is 0 Å². The lowest BCUT2D eigenvalue weighted by Gasteiger charge is -2.25. The second-order valence-corrected chi connectivity index (χ2v) is 6.27. The number of carbonyl (C=O) groups is 2. The maximum absolute atomic E-state index is 12.6. The van der Waals surface area contributed by atoms with E-state index in [4.69, 9.17) is 5.11 Å². The smallest absolute Gasteiger partial charge is 0.235 e. The third-order valence-electron chi connectivity index (χ3n) is 4.50. The van der Waals surface area contributed by atoms with Gasteiger partial charge in [0.15, 0.2) is 0 Å². The topological polar surface area (TPSA) is 69.6 Å². The number of nitrogens with zero attached hydrogens (tertiary/aromatic N) is 1. The Bertz CT molecular complexity index is 360. The minimum Gasteiger partial charge on any atom is -0.392 e. The summed E-state index contributed by atoms with van der Waals surface area (Å²) in [5.74, 6) is 0.0268. The molecule has 2 N–H and O–H groups in total. The van der Waals surface area contributed by atoms with Gasteiger partial charge in [-0.1, -0.05) is 25.7 Å². The number of aliphatic hydroxyl groups excluding tert-OH is 1. The van der Waals surface area contributed by atoms with Crippen molar-refractivity contribution in [2.75, 3.05) is 19.6 Å². The maximum atomic E-state index is 12.6. The monoisotopic (exact) mass is 282 g/mol. The molecule has 2 amide bonds. The first kappa shape index (κ1) is 15.4. The van der Waals surface area contributed by atoms with Gasteiger partial charge in [0.2, 0.25) is 11.8 Å². The van der Waals surface area contributed by atoms with Crippen molar-refractivity contribution in [1.29, 1.82) is 0 Å². The van der Waals surface area contributed by atoms with Crippen molar-refractivity contribution >= 4 is 11.8 Å². The lowest BCUT2D eigenvalue weighted by Crippen LogP contribution is -2.40. The number of imide groups is 1. The summed E-state index contributed by atoms with van der Waals surface area (Å²) in [6.07, 6.45) is 6.22. The number of likely N-dealkylation sites (tertiary alicyclic amines) is 1. The molecule has 1 aliphatic heterocycles. The second-order valence-electron chi connectivity index (χ2n) is 6.27. The number of hydrogen-bond acceptors (Lipinski definition) is 4. The molecule has 2 rings (SSSR count). The van der Waals surface area contributed by atoms with Crippen molar-refractivity contribution in [1.82, 2.24) is 10.2 Å². The minimum atomic E-state index is -0.409. The van der Waals surface area contributed by atoms with E-state index in [-0.39, 0.29) is 11.8 Å². The molecular formula is C15H26N2O3. The van der Waals surface area contributed by atoms with Crippen molar-refractivity contribution in [2.24, 2.45) is 5.41 Å². The summed E-state index contributed by atoms with van der Waals surface area (Å²) in [4.78, 5) is 26.2. The highest BCUT2D eigenvalue weighted by atomic mass is 16.3. The van der Waals surface area contributed by atoms with Gasteiger partial charge < -0.3 is 10.4 Å². The molecule has 2 fully saturated rings. The summed E-state index contributed by atoms with van der Waals surface area (Å²) >= 11 is 0. The van der Waals surface area contributed by atoms with Crippen LogP contribution < -0.4 is 5.32 Å². The predicted octanol–water partition coefficient (Wildman–Crippen LogP) is 1.06. The summed E-state index contributed by atoms with van der Waals surface area (Å²) in [6, 6.07) is 0. The van der Waals surface area contributed by atoms with Crippen molar-refractivity contribution < 1.29 is 14.7 Å². The molecule has 1 spiro atoms. The van der Waals surface area contributed by atoms with Gasteiger partial charge in [-0.2, -0.15) is 0 Å². The Morgan fingerprint density at radius 1 is 1.25 bits per heavy atom. The van der Waals surface area contributed by atoms with Crippen molar-refractivity contribution in [3.05, 3.63) is 0 Å². The predicted molar refractivity (Wildman–Crippen MR) is 76.0 cm³/mol. The van der Waals surface area contributed by atoms with Gasteiger partial charge in [0, 0.05) is 26.1 Å². The Hall–Kier alpha value is -0.940. The van der Waals surface area contributed by atoms with Crippen molar-refractivity contribution in [2.45, 2.75) is 58.0 Å². The van der Waals surface area contributed by atoms with Gasteiger partial charge in [0.1, 0.15) is 0 Å². The summed E-state index contributed by atoms with van der Waals surface area (Å²) in [5.41, 5.74) is -0.391. The lowest BCUT2D eigenvalue weighted by molar-refractivity contribution is -0.141. The average Bonchev–Trinajstić information content (AvgIpc) is 2.58. The van der Waals surface area contributed by atoms with E-state index in [2.05, 4.69) is 5.32 Å². The van der Waals surface area contributed by atoms with Crippen LogP contribution in [0.4, 0.5) is 0 Å². The van der Waals surface area contributed by atoms with Crippen LogP contribution in [0.3, 0.4) is 0 Å². The Morgan fingerprint density at radius 3 is 2.50 bits per heavy atom. The van der Waals surface area contributed by atoms with Crippen molar-refractivity contribution in [3.63, 3.8) is 0 Å². The van der Waals surface area contributed by atoms with Crippen LogP contribution in [0.2, 0.25) is 0 Å². The Morgan fingerprint density at radius 2 is 1.90 bits per heavy atom. The van der Waals surface area contributed by atoms with E-state index in [1.54, 1.807) is 6.92 Å². The van der Waals surface area contributed by atoms with E-state index in [9.17, 15) is 9.59 Å². The molecule has 0 radical (unpaired) electrons. The van der Waals surface area contributed by atoms with Gasteiger partial charge in [-0.05, 0) is 19.8 Å². The largest absolute Gasteiger partial charge is 0.392 e. The third-order valence-corrected chi connectivity index (χ3v) is 4.50. The molecule has 114 valence electrons. The first-order valence-electron chi connectivity index (χ1n) is 7.79. The Balaban J connectivity index is 1.91. The van der Waals surface area contributed by atoms with Gasteiger partial charge in [-0.15, -0.1) is 0 Å². The zero-order valence-corrected chi connectivity index (χ0v) is 12.4. The van der Waals surface area contributed by atoms with Crippen LogP contribution in [0.15, 0.2) is 0 Å². The number of aliphatic hydroxyl groups is 1. The number of rotatable bonds is 5. The third kappa shape index (κ3) is 3.38. The van der Waals surface area contributed by atoms with E-state index >= 15 is 0 Å². The van der Waals surface area contributed by atoms with Crippen LogP contribution in [0, 0.1) is 5.41 Å². The van der Waals surface area contributed by atoms with Gasteiger partial charge in [-0.3, -0.25) is 14.5 Å². The Labute approximate surface area is 120 Å². The van der Waals surface area contributed by atoms with Crippen LogP contribution in [-0.2, 0) is 9.59 Å². The molecule has 1 unspecified atom stereocenters. The first-order valence-corrected chi connectivity index (χ1v) is 7.79. The van der Waals surface area contributed by atoms with E-state index in [0.29, 0.717) is 26.1 Å². The van der Waals surface area contributed by atoms with Crippen LogP contribution in [0.5, 0.6) is 0 Å². The van der Waals surface area contributed by atoms with E-state index in [0.717, 1.165) is 25.7 Å². The molecule has 1 aliphatic carbocycles. The molecule has 1 saturated heterocycles. The Kier molecular flexibility index (Phi) is 5.16. The van der Waals surface area contributed by atoms with E-state index in [1.165, 1.54) is 17.7 Å². The standard InChI is InChI=1S/C15H26N2O3/c1-12(18)11-16-8-9-17-13(19)10-15(14(17)20)6-4-2-3-5-7-15/h12,16,18H,2-11H2,1H3. The zero-order valence-electron chi connectivity index (χ0n) is 12.4. The summed E-state index contributed by atoms with van der Waals surface area (Å²) in [6.45, 7) is 3.17. The van der Waals surface area contributed by atoms with E-state index in [1.807, 2.05) is 0 Å². The molecule has 1 atom stereocenters. The molecular weight excluding hydrogens is 256 g/mol. The highest BCUT2D eigenvalue weighted by Gasteiger charge is 2.50. The van der Waals surface area contributed by atoms with Gasteiger partial charge in [0.05, 0.1) is 11.5 Å². The number of nitrogens with one attached hydrogen (secondary N) is 1. The van der Waals surface area contributed by atoms with E-state index < -0.39 is 11.5 Å². The fraction of sp³-hybridized carbons (Fsp3) is 0.867. The summed E-state index contributed by atoms with van der Waals surface area (Å²) in [7, 11) is 0. The molecule has 1 saturated carbocycles. The minimum absolute atomic E-state index is 0.0178. The van der Waals surface area contributed by atoms with Crippen LogP contribution >= 0.6 is 0 Å². The maximum Gasteiger partial charge on any atom is 0.235 e. The molecule has 0 aromatic heterocycles. The molecule has 0 aromatic rings. The molecule has 0 bridgehead atoms. The van der Waals surface area contributed by atoms with Crippen LogP contribution in [0.25, 0.3) is 0 Å². The first-order chi connectivity index (χ1) is 9.55. The quantitative estimate of drug-likeness (QED) is 0.584. The summed E-state index contributed by atoms with van der Waals surface area (Å²) < 4.78 is 0. The van der Waals surface area contributed by atoms with Crippen LogP contribution in [0.1, 0.15) is 51.9 Å². The van der Waals surface area contributed by atoms with Crippen LogP contribution in [-0.4, -0.2) is 47.6 Å². The zero-order chi connectivity index (χ0) is 14.6. The fourth-order valence-corrected chi connectivity index (χ4v) is 3.38. The molecule has 0 aromatic carbocycles. The fourth-order valence-electron chi connectivity index (χ4n) is 3.38. The van der Waals surface area contributed by atoms with Gasteiger partial charge >= 0.3 is 0 Å². The highest BCUT2D eigenvalue weighted by Crippen LogP contribution is 2.44. The van der Waals surface area contributed by atoms with Gasteiger partial charge in [0.25, 0.3) is 0 Å². The molecule has 5 heteroatoms. The number of carbonyl (C=O) groups excluding carboxylic acids is 2. The second kappa shape index (κ2) is 6.68. The number of hydrogen-bond donors (Lipinski definition) is 2.